The van der Waals surface area contributed by atoms with E-state index >= 15 is 0 Å². The standard InChI is InChI=1S/C15H22N2O3/c1-10(2)14(17-11(3)18)15(19)16-9-12-5-7-13(20-4)8-6-12/h5-8,10,14H,9H2,1-4H3,(H,16,19)(H,17,18)/t14-/m0/s1. The van der Waals surface area contributed by atoms with Crippen molar-refractivity contribution in [2.75, 3.05) is 7.11 Å². The molecule has 0 heterocycles. The molecular formula is C15H22N2O3. The molecule has 0 aliphatic heterocycles. The molecule has 1 rings (SSSR count). The lowest BCUT2D eigenvalue weighted by Gasteiger charge is -2.20. The molecule has 20 heavy (non-hydrogen) atoms. The third kappa shape index (κ3) is 4.91. The summed E-state index contributed by atoms with van der Waals surface area (Å²) in [6.07, 6.45) is 0. The van der Waals surface area contributed by atoms with Crippen LogP contribution in [0.1, 0.15) is 26.3 Å². The van der Waals surface area contributed by atoms with E-state index in [-0.39, 0.29) is 17.7 Å². The van der Waals surface area contributed by atoms with Crippen molar-refractivity contribution in [3.05, 3.63) is 29.8 Å². The van der Waals surface area contributed by atoms with Crippen molar-refractivity contribution >= 4 is 11.8 Å². The molecule has 1 aromatic rings. The first-order valence-corrected chi connectivity index (χ1v) is 6.61. The Morgan fingerprint density at radius 2 is 1.80 bits per heavy atom. The molecule has 0 unspecified atom stereocenters. The molecule has 0 aliphatic rings. The average Bonchev–Trinajstić information content (AvgIpc) is 2.42. The molecule has 0 fully saturated rings. The third-order valence-corrected chi connectivity index (χ3v) is 2.93. The molecule has 0 radical (unpaired) electrons. The van der Waals surface area contributed by atoms with Gasteiger partial charge in [0.25, 0.3) is 0 Å². The molecule has 0 saturated heterocycles. The van der Waals surface area contributed by atoms with E-state index in [1.165, 1.54) is 6.92 Å². The summed E-state index contributed by atoms with van der Waals surface area (Å²) in [6.45, 7) is 5.62. The van der Waals surface area contributed by atoms with Crippen molar-refractivity contribution < 1.29 is 14.3 Å². The minimum Gasteiger partial charge on any atom is -0.497 e. The predicted molar refractivity (Wildman–Crippen MR) is 77.3 cm³/mol. The van der Waals surface area contributed by atoms with E-state index in [0.717, 1.165) is 11.3 Å². The molecule has 0 bridgehead atoms. The topological polar surface area (TPSA) is 67.4 Å². The number of carbonyl (C=O) groups is 2. The summed E-state index contributed by atoms with van der Waals surface area (Å²) < 4.78 is 5.07. The molecule has 2 amide bonds. The van der Waals surface area contributed by atoms with Crippen LogP contribution in [0.4, 0.5) is 0 Å². The lowest BCUT2D eigenvalue weighted by atomic mass is 10.0. The van der Waals surface area contributed by atoms with Crippen LogP contribution in [-0.4, -0.2) is 25.0 Å². The second-order valence-electron chi connectivity index (χ2n) is 4.99. The van der Waals surface area contributed by atoms with Gasteiger partial charge in [-0.05, 0) is 23.6 Å². The molecule has 1 atom stereocenters. The third-order valence-electron chi connectivity index (χ3n) is 2.93. The second-order valence-corrected chi connectivity index (χ2v) is 4.99. The fourth-order valence-electron chi connectivity index (χ4n) is 1.80. The van der Waals surface area contributed by atoms with Gasteiger partial charge in [-0.1, -0.05) is 26.0 Å². The van der Waals surface area contributed by atoms with Crippen LogP contribution < -0.4 is 15.4 Å². The van der Waals surface area contributed by atoms with Gasteiger partial charge in [0.1, 0.15) is 11.8 Å². The Balaban J connectivity index is 2.57. The molecule has 0 saturated carbocycles. The average molecular weight is 278 g/mol. The van der Waals surface area contributed by atoms with Crippen LogP contribution in [-0.2, 0) is 16.1 Å². The van der Waals surface area contributed by atoms with Gasteiger partial charge in [-0.15, -0.1) is 0 Å². The highest BCUT2D eigenvalue weighted by Crippen LogP contribution is 2.11. The monoisotopic (exact) mass is 278 g/mol. The molecule has 5 nitrogen and oxygen atoms in total. The summed E-state index contributed by atoms with van der Waals surface area (Å²) in [5.41, 5.74) is 0.976. The molecule has 0 aromatic heterocycles. The van der Waals surface area contributed by atoms with E-state index in [0.29, 0.717) is 6.54 Å². The minimum absolute atomic E-state index is 0.0368. The minimum atomic E-state index is -0.509. The Hall–Kier alpha value is -2.04. The van der Waals surface area contributed by atoms with Gasteiger partial charge >= 0.3 is 0 Å². The Morgan fingerprint density at radius 1 is 1.20 bits per heavy atom. The van der Waals surface area contributed by atoms with E-state index in [1.807, 2.05) is 38.1 Å². The molecule has 0 aliphatic carbocycles. The van der Waals surface area contributed by atoms with Gasteiger partial charge in [0, 0.05) is 13.5 Å². The van der Waals surface area contributed by atoms with Crippen molar-refractivity contribution in [3.8, 4) is 5.75 Å². The van der Waals surface area contributed by atoms with Crippen LogP contribution in [0.5, 0.6) is 5.75 Å². The van der Waals surface area contributed by atoms with Crippen LogP contribution >= 0.6 is 0 Å². The first-order chi connectivity index (χ1) is 9.43. The van der Waals surface area contributed by atoms with Crippen LogP contribution in [0.15, 0.2) is 24.3 Å². The Morgan fingerprint density at radius 3 is 2.25 bits per heavy atom. The van der Waals surface area contributed by atoms with Gasteiger partial charge < -0.3 is 15.4 Å². The number of rotatable bonds is 6. The van der Waals surface area contributed by atoms with E-state index in [9.17, 15) is 9.59 Å². The van der Waals surface area contributed by atoms with Crippen molar-refractivity contribution in [2.45, 2.75) is 33.4 Å². The van der Waals surface area contributed by atoms with Crippen molar-refractivity contribution in [1.82, 2.24) is 10.6 Å². The number of hydrogen-bond acceptors (Lipinski definition) is 3. The molecule has 5 heteroatoms. The zero-order valence-electron chi connectivity index (χ0n) is 12.4. The van der Waals surface area contributed by atoms with Crippen molar-refractivity contribution in [3.63, 3.8) is 0 Å². The zero-order valence-corrected chi connectivity index (χ0v) is 12.4. The van der Waals surface area contributed by atoms with E-state index in [1.54, 1.807) is 7.11 Å². The van der Waals surface area contributed by atoms with Gasteiger partial charge in [0.15, 0.2) is 0 Å². The smallest absolute Gasteiger partial charge is 0.243 e. The van der Waals surface area contributed by atoms with Gasteiger partial charge in [0.05, 0.1) is 7.11 Å². The summed E-state index contributed by atoms with van der Waals surface area (Å²) in [4.78, 5) is 23.2. The maximum absolute atomic E-state index is 12.1. The number of ether oxygens (including phenoxy) is 1. The van der Waals surface area contributed by atoms with Gasteiger partial charge in [-0.25, -0.2) is 0 Å². The normalized spacial score (nSPS) is 11.8. The van der Waals surface area contributed by atoms with Crippen LogP contribution in [0, 0.1) is 5.92 Å². The molecular weight excluding hydrogens is 256 g/mol. The van der Waals surface area contributed by atoms with Gasteiger partial charge in [-0.3, -0.25) is 9.59 Å². The van der Waals surface area contributed by atoms with Gasteiger partial charge in [0.2, 0.25) is 11.8 Å². The number of amides is 2. The summed E-state index contributed by atoms with van der Waals surface area (Å²) in [7, 11) is 1.61. The second kappa shape index (κ2) is 7.53. The molecule has 0 spiro atoms. The van der Waals surface area contributed by atoms with Gasteiger partial charge in [-0.2, -0.15) is 0 Å². The highest BCUT2D eigenvalue weighted by Gasteiger charge is 2.22. The first kappa shape index (κ1) is 16.0. The number of benzene rings is 1. The maximum atomic E-state index is 12.1. The Bertz CT molecular complexity index is 455. The highest BCUT2D eigenvalue weighted by atomic mass is 16.5. The lowest BCUT2D eigenvalue weighted by molar-refractivity contribution is -0.129. The summed E-state index contributed by atoms with van der Waals surface area (Å²) >= 11 is 0. The largest absolute Gasteiger partial charge is 0.497 e. The number of hydrogen-bond donors (Lipinski definition) is 2. The van der Waals surface area contributed by atoms with E-state index < -0.39 is 6.04 Å². The van der Waals surface area contributed by atoms with Crippen molar-refractivity contribution in [1.29, 1.82) is 0 Å². The number of methoxy groups -OCH3 is 1. The Kier molecular flexibility index (Phi) is 6.03. The predicted octanol–water partition coefficient (Wildman–Crippen LogP) is 1.47. The lowest BCUT2D eigenvalue weighted by Crippen LogP contribution is -2.48. The zero-order chi connectivity index (χ0) is 15.1. The van der Waals surface area contributed by atoms with Crippen LogP contribution in [0.2, 0.25) is 0 Å². The van der Waals surface area contributed by atoms with Crippen LogP contribution in [0.25, 0.3) is 0 Å². The summed E-state index contributed by atoms with van der Waals surface area (Å²) in [5.74, 6) is 0.433. The number of nitrogens with one attached hydrogen (secondary N) is 2. The molecule has 2 N–H and O–H groups in total. The van der Waals surface area contributed by atoms with Crippen LogP contribution in [0.3, 0.4) is 0 Å². The molecule has 1 aromatic carbocycles. The SMILES string of the molecule is COc1ccc(CNC(=O)[C@@H](NC(C)=O)C(C)C)cc1. The highest BCUT2D eigenvalue weighted by molar-refractivity contribution is 5.86. The Labute approximate surface area is 119 Å². The maximum Gasteiger partial charge on any atom is 0.243 e. The summed E-state index contributed by atoms with van der Waals surface area (Å²) in [5, 5.41) is 5.49. The molecule has 110 valence electrons. The van der Waals surface area contributed by atoms with E-state index in [4.69, 9.17) is 4.74 Å². The quantitative estimate of drug-likeness (QED) is 0.828. The van der Waals surface area contributed by atoms with Crippen molar-refractivity contribution in [2.24, 2.45) is 5.92 Å². The first-order valence-electron chi connectivity index (χ1n) is 6.61. The van der Waals surface area contributed by atoms with E-state index in [2.05, 4.69) is 10.6 Å². The fourth-order valence-corrected chi connectivity index (χ4v) is 1.80. The fraction of sp³-hybridized carbons (Fsp3) is 0.467. The number of carbonyl (C=O) groups excluding carboxylic acids is 2. The summed E-state index contributed by atoms with van der Waals surface area (Å²) in [6, 6.07) is 6.96.